The van der Waals surface area contributed by atoms with Gasteiger partial charge in [-0.15, -0.1) is 0 Å². The first-order valence-electron chi connectivity index (χ1n) is 7.98. The van der Waals surface area contributed by atoms with Crippen molar-refractivity contribution >= 4 is 5.91 Å². The smallest absolute Gasteiger partial charge is 0.227 e. The van der Waals surface area contributed by atoms with Gasteiger partial charge in [-0.3, -0.25) is 9.78 Å². The second-order valence-corrected chi connectivity index (χ2v) is 5.81. The van der Waals surface area contributed by atoms with Gasteiger partial charge in [0, 0.05) is 42.9 Å². The molecule has 2 aromatic rings. The molecule has 2 N–H and O–H groups in total. The number of amides is 1. The molecule has 1 fully saturated rings. The van der Waals surface area contributed by atoms with Crippen molar-refractivity contribution in [3.8, 4) is 11.4 Å². The van der Waals surface area contributed by atoms with Crippen molar-refractivity contribution < 1.29 is 9.32 Å². The largest absolute Gasteiger partial charge is 0.352 e. The van der Waals surface area contributed by atoms with Crippen LogP contribution in [-0.4, -0.2) is 39.7 Å². The lowest BCUT2D eigenvalue weighted by Gasteiger charge is -2.30. The van der Waals surface area contributed by atoms with E-state index >= 15 is 0 Å². The molecule has 1 aliphatic heterocycles. The number of hydrogen-bond acceptors (Lipinski definition) is 6. The summed E-state index contributed by atoms with van der Waals surface area (Å²) in [7, 11) is 0. The fourth-order valence-corrected chi connectivity index (χ4v) is 2.72. The Hall–Kier alpha value is -2.28. The SMILES string of the molecule is CC1NCCCC1NC(=O)CCc1nc(-c2ccncc2)no1. The molecule has 3 rings (SSSR count). The lowest BCUT2D eigenvalue weighted by molar-refractivity contribution is -0.122. The lowest BCUT2D eigenvalue weighted by atomic mass is 10.00. The summed E-state index contributed by atoms with van der Waals surface area (Å²) in [6.07, 6.45) is 6.26. The number of piperidine rings is 1. The zero-order chi connectivity index (χ0) is 16.1. The third-order valence-electron chi connectivity index (χ3n) is 4.08. The number of carbonyl (C=O) groups is 1. The van der Waals surface area contributed by atoms with Crippen LogP contribution in [0.15, 0.2) is 29.0 Å². The van der Waals surface area contributed by atoms with Crippen molar-refractivity contribution in [3.63, 3.8) is 0 Å². The molecule has 0 bridgehead atoms. The van der Waals surface area contributed by atoms with Crippen molar-refractivity contribution in [2.75, 3.05) is 6.54 Å². The van der Waals surface area contributed by atoms with Crippen LogP contribution in [0.1, 0.15) is 32.1 Å². The zero-order valence-corrected chi connectivity index (χ0v) is 13.2. The molecule has 1 aliphatic rings. The Balaban J connectivity index is 1.50. The fourth-order valence-electron chi connectivity index (χ4n) is 2.72. The highest BCUT2D eigenvalue weighted by Crippen LogP contribution is 2.15. The number of rotatable bonds is 5. The van der Waals surface area contributed by atoms with Gasteiger partial charge in [0.2, 0.25) is 17.6 Å². The molecule has 0 saturated carbocycles. The summed E-state index contributed by atoms with van der Waals surface area (Å²) in [5, 5.41) is 10.4. The Labute approximate surface area is 134 Å². The van der Waals surface area contributed by atoms with Gasteiger partial charge in [-0.05, 0) is 38.4 Å². The highest BCUT2D eigenvalue weighted by molar-refractivity contribution is 5.76. The maximum absolute atomic E-state index is 12.1. The summed E-state index contributed by atoms with van der Waals surface area (Å²) in [4.78, 5) is 20.3. The first-order chi connectivity index (χ1) is 11.2. The molecule has 0 radical (unpaired) electrons. The van der Waals surface area contributed by atoms with E-state index in [1.165, 1.54) is 0 Å². The maximum atomic E-state index is 12.1. The first-order valence-corrected chi connectivity index (χ1v) is 7.98. The van der Waals surface area contributed by atoms with Crippen LogP contribution in [0, 0.1) is 0 Å². The van der Waals surface area contributed by atoms with E-state index in [1.54, 1.807) is 12.4 Å². The van der Waals surface area contributed by atoms with Crippen LogP contribution in [0.2, 0.25) is 0 Å². The van der Waals surface area contributed by atoms with Gasteiger partial charge in [-0.1, -0.05) is 5.16 Å². The molecule has 2 unspecified atom stereocenters. The number of pyridine rings is 1. The molecule has 2 atom stereocenters. The van der Waals surface area contributed by atoms with Crippen molar-refractivity contribution in [3.05, 3.63) is 30.4 Å². The normalized spacial score (nSPS) is 21.1. The van der Waals surface area contributed by atoms with Gasteiger partial charge in [-0.2, -0.15) is 4.98 Å². The summed E-state index contributed by atoms with van der Waals surface area (Å²) in [5.74, 6) is 1.02. The van der Waals surface area contributed by atoms with E-state index in [1.807, 2.05) is 12.1 Å². The Morgan fingerprint density at radius 2 is 2.26 bits per heavy atom. The molecule has 0 spiro atoms. The van der Waals surface area contributed by atoms with Crippen molar-refractivity contribution in [1.82, 2.24) is 25.8 Å². The predicted octanol–water partition coefficient (Wildman–Crippen LogP) is 1.32. The number of aryl methyl sites for hydroxylation is 1. The highest BCUT2D eigenvalue weighted by Gasteiger charge is 2.22. The van der Waals surface area contributed by atoms with Crippen LogP contribution < -0.4 is 10.6 Å². The molecule has 3 heterocycles. The Morgan fingerprint density at radius 3 is 3.04 bits per heavy atom. The molecular weight excluding hydrogens is 294 g/mol. The quantitative estimate of drug-likeness (QED) is 0.864. The first kappa shape index (κ1) is 15.6. The molecule has 7 heteroatoms. The molecule has 122 valence electrons. The van der Waals surface area contributed by atoms with Gasteiger partial charge in [0.15, 0.2) is 0 Å². The van der Waals surface area contributed by atoms with Crippen molar-refractivity contribution in [2.24, 2.45) is 0 Å². The standard InChI is InChI=1S/C16H21N5O2/c1-11-13(3-2-8-18-11)19-14(22)4-5-15-20-16(21-23-15)12-6-9-17-10-7-12/h6-7,9-11,13,18H,2-5,8H2,1H3,(H,19,22). The molecular formula is C16H21N5O2. The molecule has 7 nitrogen and oxygen atoms in total. The molecule has 0 aliphatic carbocycles. The van der Waals surface area contributed by atoms with Crippen LogP contribution >= 0.6 is 0 Å². The van der Waals surface area contributed by atoms with Crippen LogP contribution in [0.5, 0.6) is 0 Å². The van der Waals surface area contributed by atoms with E-state index in [9.17, 15) is 4.79 Å². The third-order valence-corrected chi connectivity index (χ3v) is 4.08. The minimum Gasteiger partial charge on any atom is -0.352 e. The monoisotopic (exact) mass is 315 g/mol. The molecule has 2 aromatic heterocycles. The van der Waals surface area contributed by atoms with Crippen molar-refractivity contribution in [1.29, 1.82) is 0 Å². The predicted molar refractivity (Wildman–Crippen MR) is 84.5 cm³/mol. The lowest BCUT2D eigenvalue weighted by Crippen LogP contribution is -2.51. The number of nitrogens with one attached hydrogen (secondary N) is 2. The second-order valence-electron chi connectivity index (χ2n) is 5.81. The van der Waals surface area contributed by atoms with E-state index < -0.39 is 0 Å². The summed E-state index contributed by atoms with van der Waals surface area (Å²) in [5.41, 5.74) is 0.849. The van der Waals surface area contributed by atoms with Crippen LogP contribution in [0.25, 0.3) is 11.4 Å². The molecule has 23 heavy (non-hydrogen) atoms. The molecule has 1 saturated heterocycles. The number of carbonyl (C=O) groups excluding carboxylic acids is 1. The van der Waals surface area contributed by atoms with E-state index in [0.29, 0.717) is 30.6 Å². The van der Waals surface area contributed by atoms with Crippen LogP contribution in [0.3, 0.4) is 0 Å². The topological polar surface area (TPSA) is 92.9 Å². The van der Waals surface area contributed by atoms with E-state index in [-0.39, 0.29) is 11.9 Å². The minimum absolute atomic E-state index is 0.0224. The summed E-state index contributed by atoms with van der Waals surface area (Å²) < 4.78 is 5.21. The summed E-state index contributed by atoms with van der Waals surface area (Å²) in [6, 6.07) is 4.15. The maximum Gasteiger partial charge on any atom is 0.227 e. The number of nitrogens with zero attached hydrogens (tertiary/aromatic N) is 3. The summed E-state index contributed by atoms with van der Waals surface area (Å²) >= 11 is 0. The average molecular weight is 315 g/mol. The van der Waals surface area contributed by atoms with Gasteiger partial charge >= 0.3 is 0 Å². The van der Waals surface area contributed by atoms with E-state index in [2.05, 4.69) is 32.7 Å². The van der Waals surface area contributed by atoms with Gasteiger partial charge in [0.05, 0.1) is 0 Å². The van der Waals surface area contributed by atoms with Crippen LogP contribution in [0.4, 0.5) is 0 Å². The van der Waals surface area contributed by atoms with Gasteiger partial charge in [0.1, 0.15) is 0 Å². The minimum atomic E-state index is 0.0224. The zero-order valence-electron chi connectivity index (χ0n) is 13.2. The number of aromatic nitrogens is 3. The average Bonchev–Trinajstić information content (AvgIpc) is 3.05. The summed E-state index contributed by atoms with van der Waals surface area (Å²) in [6.45, 7) is 3.12. The Bertz CT molecular complexity index is 643. The van der Waals surface area contributed by atoms with E-state index in [4.69, 9.17) is 4.52 Å². The molecule has 0 aromatic carbocycles. The second kappa shape index (κ2) is 7.32. The van der Waals surface area contributed by atoms with Gasteiger partial charge < -0.3 is 15.2 Å². The Morgan fingerprint density at radius 1 is 1.43 bits per heavy atom. The molecule has 1 amide bonds. The fraction of sp³-hybridized carbons (Fsp3) is 0.500. The highest BCUT2D eigenvalue weighted by atomic mass is 16.5. The Kier molecular flexibility index (Phi) is 4.97. The number of hydrogen-bond donors (Lipinski definition) is 2. The third kappa shape index (κ3) is 4.13. The van der Waals surface area contributed by atoms with Gasteiger partial charge in [-0.25, -0.2) is 0 Å². The van der Waals surface area contributed by atoms with Crippen molar-refractivity contribution in [2.45, 2.75) is 44.7 Å². The van der Waals surface area contributed by atoms with E-state index in [0.717, 1.165) is 24.9 Å². The van der Waals surface area contributed by atoms with Gasteiger partial charge in [0.25, 0.3) is 0 Å². The van der Waals surface area contributed by atoms with Crippen LogP contribution in [-0.2, 0) is 11.2 Å².